The van der Waals surface area contributed by atoms with Crippen LogP contribution < -0.4 is 16.0 Å². The van der Waals surface area contributed by atoms with Gasteiger partial charge in [-0.25, -0.2) is 9.59 Å². The molecule has 4 amide bonds. The van der Waals surface area contributed by atoms with Gasteiger partial charge in [0.1, 0.15) is 6.17 Å². The van der Waals surface area contributed by atoms with E-state index in [4.69, 9.17) is 0 Å². The lowest BCUT2D eigenvalue weighted by atomic mass is 10.1. The summed E-state index contributed by atoms with van der Waals surface area (Å²) in [6, 6.07) is -0.174. The largest absolute Gasteiger partial charge is 0.336 e. The number of urea groups is 2. The SMILES string of the molecule is CC(C)NC(=O)N[C@@H]1C[C@@H](C)NC(=O)N1C(C)C. The molecular formula is C12H24N4O2. The smallest absolute Gasteiger partial charge is 0.319 e. The number of carbonyl (C=O) groups is 2. The van der Waals surface area contributed by atoms with E-state index in [2.05, 4.69) is 16.0 Å². The summed E-state index contributed by atoms with van der Waals surface area (Å²) in [7, 11) is 0. The van der Waals surface area contributed by atoms with E-state index in [1.54, 1.807) is 4.90 Å². The van der Waals surface area contributed by atoms with Crippen LogP contribution in [0.15, 0.2) is 0 Å². The second-order valence-electron chi connectivity index (χ2n) is 5.38. The summed E-state index contributed by atoms with van der Waals surface area (Å²) in [5.41, 5.74) is 0. The minimum absolute atomic E-state index is 0.0434. The van der Waals surface area contributed by atoms with E-state index in [1.807, 2.05) is 34.6 Å². The molecule has 0 radical (unpaired) electrons. The van der Waals surface area contributed by atoms with E-state index in [0.717, 1.165) is 0 Å². The van der Waals surface area contributed by atoms with E-state index in [0.29, 0.717) is 6.42 Å². The number of amides is 4. The van der Waals surface area contributed by atoms with Crippen LogP contribution in [0.3, 0.4) is 0 Å². The fourth-order valence-electron chi connectivity index (χ4n) is 2.11. The maximum atomic E-state index is 11.9. The highest BCUT2D eigenvalue weighted by molar-refractivity contribution is 5.78. The summed E-state index contributed by atoms with van der Waals surface area (Å²) in [6.07, 6.45) is 0.447. The highest BCUT2D eigenvalue weighted by atomic mass is 16.2. The number of rotatable bonds is 3. The third-order valence-corrected chi connectivity index (χ3v) is 2.79. The molecule has 1 rings (SSSR count). The Morgan fingerprint density at radius 3 is 2.50 bits per heavy atom. The number of nitrogens with one attached hydrogen (secondary N) is 3. The van der Waals surface area contributed by atoms with Gasteiger partial charge in [-0.15, -0.1) is 0 Å². The average molecular weight is 256 g/mol. The van der Waals surface area contributed by atoms with E-state index in [9.17, 15) is 9.59 Å². The molecule has 1 aliphatic heterocycles. The summed E-state index contributed by atoms with van der Waals surface area (Å²) in [5, 5.41) is 8.50. The fourth-order valence-corrected chi connectivity index (χ4v) is 2.11. The quantitative estimate of drug-likeness (QED) is 0.710. The van der Waals surface area contributed by atoms with Crippen LogP contribution >= 0.6 is 0 Å². The standard InChI is InChI=1S/C12H24N4O2/c1-7(2)13-11(17)15-10-6-9(5)14-12(18)16(10)8(3)4/h7-10H,6H2,1-5H3,(H,14,18)(H2,13,15,17)/t9-,10+/m1/s1. The Balaban J connectivity index is 2.69. The molecule has 0 aromatic heterocycles. The van der Waals surface area contributed by atoms with Gasteiger partial charge in [-0.1, -0.05) is 0 Å². The van der Waals surface area contributed by atoms with Crippen LogP contribution in [0.4, 0.5) is 9.59 Å². The first-order valence-electron chi connectivity index (χ1n) is 6.47. The summed E-state index contributed by atoms with van der Waals surface area (Å²) in [6.45, 7) is 9.60. The Bertz CT molecular complexity index is 317. The molecule has 1 saturated heterocycles. The van der Waals surface area contributed by atoms with E-state index in [-0.39, 0.29) is 36.4 Å². The lowest BCUT2D eigenvalue weighted by molar-refractivity contribution is 0.108. The maximum absolute atomic E-state index is 11.9. The van der Waals surface area contributed by atoms with Crippen LogP contribution in [0, 0.1) is 0 Å². The Hall–Kier alpha value is -1.46. The van der Waals surface area contributed by atoms with Gasteiger partial charge in [0.25, 0.3) is 0 Å². The molecule has 104 valence electrons. The molecule has 1 heterocycles. The summed E-state index contributed by atoms with van der Waals surface area (Å²) >= 11 is 0. The number of hydrogen-bond donors (Lipinski definition) is 3. The highest BCUT2D eigenvalue weighted by Gasteiger charge is 2.34. The first-order valence-corrected chi connectivity index (χ1v) is 6.47. The first kappa shape index (κ1) is 14.6. The number of nitrogens with zero attached hydrogens (tertiary/aromatic N) is 1. The molecule has 0 aromatic carbocycles. The molecule has 0 aliphatic carbocycles. The van der Waals surface area contributed by atoms with Crippen molar-refractivity contribution < 1.29 is 9.59 Å². The Kier molecular flexibility index (Phi) is 4.81. The number of carbonyl (C=O) groups excluding carboxylic acids is 2. The molecule has 6 heteroatoms. The lowest BCUT2D eigenvalue weighted by Crippen LogP contribution is -2.64. The van der Waals surface area contributed by atoms with E-state index >= 15 is 0 Å². The average Bonchev–Trinajstić information content (AvgIpc) is 2.12. The molecular weight excluding hydrogens is 232 g/mol. The topological polar surface area (TPSA) is 73.5 Å². The predicted molar refractivity (Wildman–Crippen MR) is 70.2 cm³/mol. The van der Waals surface area contributed by atoms with E-state index in [1.165, 1.54) is 0 Å². The lowest BCUT2D eigenvalue weighted by Gasteiger charge is -2.41. The molecule has 3 N–H and O–H groups in total. The van der Waals surface area contributed by atoms with Gasteiger partial charge >= 0.3 is 12.1 Å². The maximum Gasteiger partial charge on any atom is 0.319 e. The molecule has 0 saturated carbocycles. The third kappa shape index (κ3) is 3.78. The highest BCUT2D eigenvalue weighted by Crippen LogP contribution is 2.15. The second kappa shape index (κ2) is 5.93. The molecule has 0 aromatic rings. The van der Waals surface area contributed by atoms with Gasteiger partial charge in [0.15, 0.2) is 0 Å². The van der Waals surface area contributed by atoms with Crippen molar-refractivity contribution in [3.8, 4) is 0 Å². The minimum Gasteiger partial charge on any atom is -0.336 e. The van der Waals surface area contributed by atoms with Crippen molar-refractivity contribution in [3.63, 3.8) is 0 Å². The minimum atomic E-state index is -0.257. The van der Waals surface area contributed by atoms with Crippen molar-refractivity contribution in [3.05, 3.63) is 0 Å². The van der Waals surface area contributed by atoms with Crippen LogP contribution in [0.2, 0.25) is 0 Å². The van der Waals surface area contributed by atoms with Gasteiger partial charge in [-0.2, -0.15) is 0 Å². The third-order valence-electron chi connectivity index (χ3n) is 2.79. The Labute approximate surface area is 108 Å². The van der Waals surface area contributed by atoms with Gasteiger partial charge in [-0.3, -0.25) is 0 Å². The van der Waals surface area contributed by atoms with Gasteiger partial charge in [-0.05, 0) is 34.6 Å². The van der Waals surface area contributed by atoms with Gasteiger partial charge in [0.05, 0.1) is 0 Å². The molecule has 2 atom stereocenters. The van der Waals surface area contributed by atoms with E-state index < -0.39 is 0 Å². The number of hydrogen-bond acceptors (Lipinski definition) is 2. The van der Waals surface area contributed by atoms with Gasteiger partial charge in [0, 0.05) is 24.5 Å². The normalized spacial score (nSPS) is 24.2. The zero-order valence-electron chi connectivity index (χ0n) is 11.8. The van der Waals surface area contributed by atoms with Crippen molar-refractivity contribution in [2.75, 3.05) is 0 Å². The molecule has 0 spiro atoms. The molecule has 0 bridgehead atoms. The predicted octanol–water partition coefficient (Wildman–Crippen LogP) is 1.23. The van der Waals surface area contributed by atoms with Crippen LogP contribution in [-0.2, 0) is 0 Å². The van der Waals surface area contributed by atoms with Crippen molar-refractivity contribution in [1.82, 2.24) is 20.9 Å². The Morgan fingerprint density at radius 1 is 1.39 bits per heavy atom. The molecule has 6 nitrogen and oxygen atoms in total. The van der Waals surface area contributed by atoms with Crippen molar-refractivity contribution >= 4 is 12.1 Å². The molecule has 18 heavy (non-hydrogen) atoms. The van der Waals surface area contributed by atoms with Crippen LogP contribution in [0.5, 0.6) is 0 Å². The van der Waals surface area contributed by atoms with Crippen LogP contribution in [0.25, 0.3) is 0 Å². The van der Waals surface area contributed by atoms with Crippen molar-refractivity contribution in [1.29, 1.82) is 0 Å². The second-order valence-corrected chi connectivity index (χ2v) is 5.38. The molecule has 1 fully saturated rings. The summed E-state index contributed by atoms with van der Waals surface area (Å²) < 4.78 is 0. The summed E-state index contributed by atoms with van der Waals surface area (Å²) in [4.78, 5) is 25.3. The first-order chi connectivity index (χ1) is 8.31. The van der Waals surface area contributed by atoms with Crippen LogP contribution in [-0.4, -0.2) is 41.3 Å². The monoisotopic (exact) mass is 256 g/mol. The molecule has 0 unspecified atom stereocenters. The van der Waals surface area contributed by atoms with Gasteiger partial charge in [0.2, 0.25) is 0 Å². The van der Waals surface area contributed by atoms with Crippen LogP contribution in [0.1, 0.15) is 41.0 Å². The zero-order chi connectivity index (χ0) is 13.9. The summed E-state index contributed by atoms with van der Waals surface area (Å²) in [5.74, 6) is 0. The fraction of sp³-hybridized carbons (Fsp3) is 0.833. The van der Waals surface area contributed by atoms with Gasteiger partial charge < -0.3 is 20.9 Å². The zero-order valence-corrected chi connectivity index (χ0v) is 11.8. The Morgan fingerprint density at radius 2 is 2.00 bits per heavy atom. The molecule has 1 aliphatic rings. The van der Waals surface area contributed by atoms with Crippen molar-refractivity contribution in [2.45, 2.75) is 65.3 Å². The van der Waals surface area contributed by atoms with Crippen molar-refractivity contribution in [2.24, 2.45) is 0 Å².